The van der Waals surface area contributed by atoms with E-state index in [1.807, 2.05) is 29.2 Å². The molecule has 0 bridgehead atoms. The number of aromatic nitrogens is 4. The van der Waals surface area contributed by atoms with Crippen LogP contribution in [0.4, 0.5) is 5.82 Å². The van der Waals surface area contributed by atoms with Crippen molar-refractivity contribution < 1.29 is 14.3 Å². The first-order valence-electron chi connectivity index (χ1n) is 10.9. The van der Waals surface area contributed by atoms with Crippen LogP contribution < -0.4 is 15.0 Å². The molecule has 0 spiro atoms. The minimum absolute atomic E-state index is 0.0266. The quantitative estimate of drug-likeness (QED) is 0.513. The fourth-order valence-corrected chi connectivity index (χ4v) is 4.09. The van der Waals surface area contributed by atoms with Crippen LogP contribution in [0.5, 0.6) is 5.75 Å². The molecule has 1 fully saturated rings. The van der Waals surface area contributed by atoms with Crippen LogP contribution in [0.15, 0.2) is 49.1 Å². The maximum atomic E-state index is 12.9. The van der Waals surface area contributed by atoms with Crippen LogP contribution in [0.25, 0.3) is 5.95 Å². The molecule has 1 unspecified atom stereocenters. The topological polar surface area (TPSA) is 105 Å². The molecule has 3 heterocycles. The number of imidazole rings is 1. The molecule has 4 rings (SSSR count). The number of halogens is 1. The number of piperazine rings is 1. The van der Waals surface area contributed by atoms with E-state index in [2.05, 4.69) is 20.3 Å². The summed E-state index contributed by atoms with van der Waals surface area (Å²) in [4.78, 5) is 41.6. The van der Waals surface area contributed by atoms with Gasteiger partial charge in [0.25, 0.3) is 0 Å². The third kappa shape index (κ3) is 5.63. The number of ether oxygens (including phenoxy) is 1. The normalized spacial score (nSPS) is 15.8. The van der Waals surface area contributed by atoms with Gasteiger partial charge in [0.15, 0.2) is 0 Å². The maximum Gasteiger partial charge on any atom is 0.238 e. The average Bonchev–Trinajstić information content (AvgIpc) is 3.37. The molecule has 1 atom stereocenters. The van der Waals surface area contributed by atoms with Crippen molar-refractivity contribution in [3.8, 4) is 11.7 Å². The van der Waals surface area contributed by atoms with Crippen molar-refractivity contribution in [1.29, 1.82) is 0 Å². The van der Waals surface area contributed by atoms with Gasteiger partial charge in [0.1, 0.15) is 23.0 Å². The second kappa shape index (κ2) is 10.5. The van der Waals surface area contributed by atoms with E-state index in [0.29, 0.717) is 37.9 Å². The Labute approximate surface area is 202 Å². The molecular formula is C23H26ClN7O3. The van der Waals surface area contributed by atoms with Gasteiger partial charge < -0.3 is 19.9 Å². The number of rotatable bonds is 7. The van der Waals surface area contributed by atoms with Crippen molar-refractivity contribution in [3.63, 3.8) is 0 Å². The van der Waals surface area contributed by atoms with E-state index in [-0.39, 0.29) is 29.4 Å². The fraction of sp³-hybridized carbons (Fsp3) is 0.348. The van der Waals surface area contributed by atoms with Gasteiger partial charge in [-0.05, 0) is 17.7 Å². The van der Waals surface area contributed by atoms with Crippen LogP contribution in [0.3, 0.4) is 0 Å². The Bertz CT molecular complexity index is 1160. The van der Waals surface area contributed by atoms with Gasteiger partial charge in [0.05, 0.1) is 13.2 Å². The first kappa shape index (κ1) is 23.5. The van der Waals surface area contributed by atoms with Crippen LogP contribution in [-0.4, -0.2) is 69.0 Å². The largest absolute Gasteiger partial charge is 0.497 e. The van der Waals surface area contributed by atoms with Gasteiger partial charge in [-0.25, -0.2) is 9.97 Å². The lowest BCUT2D eigenvalue weighted by Gasteiger charge is -2.41. The van der Waals surface area contributed by atoms with Crippen LogP contribution in [0, 0.1) is 0 Å². The van der Waals surface area contributed by atoms with Gasteiger partial charge >= 0.3 is 0 Å². The number of anilines is 1. The van der Waals surface area contributed by atoms with Gasteiger partial charge in [-0.3, -0.25) is 14.2 Å². The summed E-state index contributed by atoms with van der Waals surface area (Å²) >= 11 is 6.30. The molecule has 2 aromatic heterocycles. The minimum atomic E-state index is -0.274. The molecule has 178 valence electrons. The van der Waals surface area contributed by atoms with E-state index in [0.717, 1.165) is 11.3 Å². The zero-order valence-electron chi connectivity index (χ0n) is 19.0. The number of carbonyl (C=O) groups excluding carboxylic acids is 2. The number of hydrogen-bond donors (Lipinski definition) is 1. The molecule has 1 aliphatic heterocycles. The number of nitrogens with zero attached hydrogens (tertiary/aromatic N) is 6. The van der Waals surface area contributed by atoms with E-state index in [9.17, 15) is 9.59 Å². The fourth-order valence-electron chi connectivity index (χ4n) is 3.92. The maximum absolute atomic E-state index is 12.9. The Morgan fingerprint density at radius 1 is 1.24 bits per heavy atom. The Morgan fingerprint density at radius 3 is 2.82 bits per heavy atom. The third-order valence-electron chi connectivity index (χ3n) is 5.67. The van der Waals surface area contributed by atoms with Crippen molar-refractivity contribution in [1.82, 2.24) is 29.7 Å². The number of benzene rings is 1. The molecule has 0 radical (unpaired) electrons. The third-order valence-corrected chi connectivity index (χ3v) is 5.87. The Kier molecular flexibility index (Phi) is 7.27. The van der Waals surface area contributed by atoms with E-state index in [1.165, 1.54) is 6.92 Å². The van der Waals surface area contributed by atoms with Gasteiger partial charge in [0, 0.05) is 58.0 Å². The summed E-state index contributed by atoms with van der Waals surface area (Å²) in [6.07, 6.45) is 5.14. The van der Waals surface area contributed by atoms with Crippen molar-refractivity contribution in [2.45, 2.75) is 25.9 Å². The second-order valence-corrected chi connectivity index (χ2v) is 8.35. The molecule has 0 aliphatic carbocycles. The molecule has 10 nitrogen and oxygen atoms in total. The highest BCUT2D eigenvalue weighted by Crippen LogP contribution is 2.24. The standard InChI is InChI=1S/C23H26ClN7O3/c1-16(32)29-8-9-31(21-12-20(24)27-23(28-21)30-7-6-25-15-30)18(14-29)11-22(33)26-13-17-4-3-5-19(10-17)34-2/h3-7,10,12,15,18H,8-9,11,13-14H2,1-2H3,(H,26,33). The van der Waals surface area contributed by atoms with Gasteiger partial charge in [-0.15, -0.1) is 0 Å². The first-order valence-corrected chi connectivity index (χ1v) is 11.3. The predicted octanol–water partition coefficient (Wildman–Crippen LogP) is 2.07. The van der Waals surface area contributed by atoms with E-state index in [1.54, 1.807) is 41.4 Å². The Hall–Kier alpha value is -3.66. The molecule has 3 aromatic rings. The van der Waals surface area contributed by atoms with Gasteiger partial charge in [-0.2, -0.15) is 4.98 Å². The molecule has 1 saturated heterocycles. The molecule has 1 aromatic carbocycles. The average molecular weight is 484 g/mol. The van der Waals surface area contributed by atoms with Crippen molar-refractivity contribution in [3.05, 3.63) is 59.8 Å². The van der Waals surface area contributed by atoms with Gasteiger partial charge in [-0.1, -0.05) is 23.7 Å². The Morgan fingerprint density at radius 2 is 2.09 bits per heavy atom. The predicted molar refractivity (Wildman–Crippen MR) is 127 cm³/mol. The summed E-state index contributed by atoms with van der Waals surface area (Å²) in [5.41, 5.74) is 0.936. The summed E-state index contributed by atoms with van der Waals surface area (Å²) in [5, 5.41) is 3.24. The second-order valence-electron chi connectivity index (χ2n) is 7.96. The van der Waals surface area contributed by atoms with Crippen molar-refractivity contribution >= 4 is 29.2 Å². The van der Waals surface area contributed by atoms with Crippen molar-refractivity contribution in [2.75, 3.05) is 31.6 Å². The first-order chi connectivity index (χ1) is 16.4. The summed E-state index contributed by atoms with van der Waals surface area (Å²) in [5.74, 6) is 1.56. The lowest BCUT2D eigenvalue weighted by Crippen LogP contribution is -2.56. The van der Waals surface area contributed by atoms with E-state index >= 15 is 0 Å². The highest BCUT2D eigenvalue weighted by Gasteiger charge is 2.31. The number of carbonyl (C=O) groups is 2. The molecule has 34 heavy (non-hydrogen) atoms. The zero-order chi connectivity index (χ0) is 24.1. The van der Waals surface area contributed by atoms with Crippen LogP contribution in [-0.2, 0) is 16.1 Å². The molecule has 11 heteroatoms. The summed E-state index contributed by atoms with van der Waals surface area (Å²) in [7, 11) is 1.60. The summed E-state index contributed by atoms with van der Waals surface area (Å²) in [6.45, 7) is 3.37. The van der Waals surface area contributed by atoms with Crippen LogP contribution >= 0.6 is 11.6 Å². The highest BCUT2D eigenvalue weighted by atomic mass is 35.5. The van der Waals surface area contributed by atoms with E-state index < -0.39 is 0 Å². The number of hydrogen-bond acceptors (Lipinski definition) is 7. The lowest BCUT2D eigenvalue weighted by molar-refractivity contribution is -0.130. The van der Waals surface area contributed by atoms with Crippen molar-refractivity contribution in [2.24, 2.45) is 0 Å². The minimum Gasteiger partial charge on any atom is -0.497 e. The smallest absolute Gasteiger partial charge is 0.238 e. The molecule has 1 aliphatic rings. The lowest BCUT2D eigenvalue weighted by atomic mass is 10.1. The van der Waals surface area contributed by atoms with Crippen LogP contribution in [0.2, 0.25) is 5.15 Å². The number of nitrogens with one attached hydrogen (secondary N) is 1. The van der Waals surface area contributed by atoms with E-state index in [4.69, 9.17) is 16.3 Å². The summed E-state index contributed by atoms with van der Waals surface area (Å²) < 4.78 is 6.90. The van der Waals surface area contributed by atoms with Crippen LogP contribution in [0.1, 0.15) is 18.9 Å². The molecule has 2 amide bonds. The number of methoxy groups -OCH3 is 1. The highest BCUT2D eigenvalue weighted by molar-refractivity contribution is 6.29. The molecule has 1 N–H and O–H groups in total. The van der Waals surface area contributed by atoms with Gasteiger partial charge in [0.2, 0.25) is 17.8 Å². The molecular weight excluding hydrogens is 458 g/mol. The Balaban J connectivity index is 1.51. The SMILES string of the molecule is COc1cccc(CNC(=O)CC2CN(C(C)=O)CCN2c2cc(Cl)nc(-n3ccnc3)n2)c1. The summed E-state index contributed by atoms with van der Waals surface area (Å²) in [6, 6.07) is 8.94. The number of amides is 2. The zero-order valence-corrected chi connectivity index (χ0v) is 19.8. The monoisotopic (exact) mass is 483 g/mol. The molecule has 0 saturated carbocycles.